The van der Waals surface area contributed by atoms with Crippen molar-refractivity contribution in [3.8, 4) is 39.1 Å². The van der Waals surface area contributed by atoms with Crippen molar-refractivity contribution in [2.45, 2.75) is 73.5 Å². The summed E-state index contributed by atoms with van der Waals surface area (Å²) in [6.07, 6.45) is 7.28. The van der Waals surface area contributed by atoms with E-state index in [1.807, 2.05) is 7.11 Å². The summed E-state index contributed by atoms with van der Waals surface area (Å²) < 4.78 is 5.97. The molecule has 1 nitrogen and oxygen atoms in total. The lowest BCUT2D eigenvalue weighted by Gasteiger charge is -2.64. The van der Waals surface area contributed by atoms with Crippen molar-refractivity contribution in [2.75, 3.05) is 7.11 Å². The average Bonchev–Trinajstić information content (AvgIpc) is 3.48. The first-order chi connectivity index (χ1) is 25.1. The molecule has 0 heterocycles. The SMILES string of the molecule is COc1ccc2c(c1)-c1ccccc1C1CC23CCCC2(c4ccccc4-c4ccccc4C)CC4c5ccccc5-c5ccccc5C4(C1)C23. The molecule has 6 atom stereocenters. The van der Waals surface area contributed by atoms with Crippen LogP contribution >= 0.6 is 0 Å². The molecule has 6 unspecified atom stereocenters. The Bertz CT molecular complexity index is 2380. The van der Waals surface area contributed by atoms with E-state index in [9.17, 15) is 0 Å². The number of rotatable bonds is 3. The topological polar surface area (TPSA) is 9.23 Å². The van der Waals surface area contributed by atoms with Crippen LogP contribution in [0.4, 0.5) is 0 Å². The molecule has 0 N–H and O–H groups in total. The van der Waals surface area contributed by atoms with Crippen LogP contribution in [-0.4, -0.2) is 7.11 Å². The minimum Gasteiger partial charge on any atom is -0.497 e. The largest absolute Gasteiger partial charge is 0.497 e. The molecule has 0 aliphatic heterocycles. The monoisotopic (exact) mass is 660 g/mol. The first kappa shape index (κ1) is 29.8. The molecule has 5 aliphatic rings. The third kappa shape index (κ3) is 3.72. The fourth-order valence-corrected chi connectivity index (χ4v) is 13.4. The lowest BCUT2D eigenvalue weighted by Crippen LogP contribution is -2.60. The van der Waals surface area contributed by atoms with Gasteiger partial charge in [0.25, 0.3) is 0 Å². The molecule has 2 bridgehead atoms. The van der Waals surface area contributed by atoms with Crippen LogP contribution in [0.3, 0.4) is 0 Å². The second-order valence-corrected chi connectivity index (χ2v) is 16.5. The molecule has 6 aromatic carbocycles. The lowest BCUT2D eigenvalue weighted by molar-refractivity contribution is 0.00376. The number of benzene rings is 6. The quantitative estimate of drug-likeness (QED) is 0.184. The number of ether oxygens (including phenoxy) is 1. The van der Waals surface area contributed by atoms with Crippen molar-refractivity contribution in [3.63, 3.8) is 0 Å². The highest BCUT2D eigenvalue weighted by Gasteiger charge is 2.74. The summed E-state index contributed by atoms with van der Waals surface area (Å²) in [5.41, 5.74) is 17.8. The number of hydrogen-bond acceptors (Lipinski definition) is 1. The maximum Gasteiger partial charge on any atom is 0.119 e. The minimum atomic E-state index is -0.0121. The van der Waals surface area contributed by atoms with Crippen LogP contribution in [0.15, 0.2) is 140 Å². The average molecular weight is 661 g/mol. The summed E-state index contributed by atoms with van der Waals surface area (Å²) in [5.74, 6) is 2.30. The van der Waals surface area contributed by atoms with Crippen molar-refractivity contribution < 1.29 is 4.74 Å². The van der Waals surface area contributed by atoms with Crippen LogP contribution < -0.4 is 4.74 Å². The highest BCUT2D eigenvalue weighted by atomic mass is 16.5. The van der Waals surface area contributed by atoms with Gasteiger partial charge in [-0.1, -0.05) is 134 Å². The molecule has 0 amide bonds. The van der Waals surface area contributed by atoms with Gasteiger partial charge in [0, 0.05) is 16.2 Å². The van der Waals surface area contributed by atoms with Gasteiger partial charge in [-0.2, -0.15) is 0 Å². The number of hydrogen-bond donors (Lipinski definition) is 0. The van der Waals surface area contributed by atoms with Crippen LogP contribution in [0.2, 0.25) is 0 Å². The van der Waals surface area contributed by atoms with E-state index in [0.717, 1.165) is 5.75 Å². The Kier molecular flexibility index (Phi) is 6.18. The van der Waals surface area contributed by atoms with E-state index in [0.29, 0.717) is 17.8 Å². The Morgan fingerprint density at radius 3 is 1.82 bits per heavy atom. The number of fused-ring (bicyclic) bond motifs is 9. The molecule has 5 aliphatic carbocycles. The summed E-state index contributed by atoms with van der Waals surface area (Å²) in [6.45, 7) is 2.30. The van der Waals surface area contributed by atoms with E-state index in [2.05, 4.69) is 146 Å². The molecule has 0 radical (unpaired) electrons. The summed E-state index contributed by atoms with van der Waals surface area (Å²) in [5, 5.41) is 0. The smallest absolute Gasteiger partial charge is 0.119 e. The number of methoxy groups -OCH3 is 1. The Labute approximate surface area is 302 Å². The molecule has 11 rings (SSSR count). The zero-order chi connectivity index (χ0) is 34.0. The van der Waals surface area contributed by atoms with E-state index < -0.39 is 0 Å². The van der Waals surface area contributed by atoms with Crippen LogP contribution in [-0.2, 0) is 16.2 Å². The van der Waals surface area contributed by atoms with Gasteiger partial charge in [0.2, 0.25) is 0 Å². The Hall–Kier alpha value is -4.88. The first-order valence-corrected chi connectivity index (χ1v) is 19.2. The predicted molar refractivity (Wildman–Crippen MR) is 209 cm³/mol. The lowest BCUT2D eigenvalue weighted by atomic mass is 9.39. The fourth-order valence-electron chi connectivity index (χ4n) is 13.4. The maximum atomic E-state index is 5.97. The summed E-state index contributed by atoms with van der Waals surface area (Å²) in [7, 11) is 1.82. The Balaban J connectivity index is 1.29. The van der Waals surface area contributed by atoms with Gasteiger partial charge in [-0.05, 0) is 136 Å². The summed E-state index contributed by atoms with van der Waals surface area (Å²) >= 11 is 0. The van der Waals surface area contributed by atoms with E-state index in [1.54, 1.807) is 22.3 Å². The van der Waals surface area contributed by atoms with Gasteiger partial charge in [0.05, 0.1) is 7.11 Å². The second-order valence-electron chi connectivity index (χ2n) is 16.5. The predicted octanol–water partition coefficient (Wildman–Crippen LogP) is 12.3. The maximum absolute atomic E-state index is 5.97. The van der Waals surface area contributed by atoms with Gasteiger partial charge in [-0.3, -0.25) is 0 Å². The molecular weight excluding hydrogens is 617 g/mol. The van der Waals surface area contributed by atoms with Crippen molar-refractivity contribution >= 4 is 0 Å². The third-order valence-corrected chi connectivity index (χ3v) is 14.7. The molecule has 2 spiro atoms. The molecule has 0 saturated heterocycles. The minimum absolute atomic E-state index is 0.00501. The van der Waals surface area contributed by atoms with Gasteiger partial charge >= 0.3 is 0 Å². The third-order valence-electron chi connectivity index (χ3n) is 14.7. The van der Waals surface area contributed by atoms with E-state index in [1.165, 1.54) is 83.0 Å². The first-order valence-electron chi connectivity index (χ1n) is 19.2. The van der Waals surface area contributed by atoms with Crippen molar-refractivity contribution in [3.05, 3.63) is 173 Å². The van der Waals surface area contributed by atoms with Crippen molar-refractivity contribution in [1.82, 2.24) is 0 Å². The molecule has 3 saturated carbocycles. The highest BCUT2D eigenvalue weighted by molar-refractivity contribution is 5.82. The fraction of sp³-hybridized carbons (Fsp3) is 0.280. The number of aryl methyl sites for hydroxylation is 1. The summed E-state index contributed by atoms with van der Waals surface area (Å²) in [4.78, 5) is 0. The molecule has 6 aromatic rings. The highest BCUT2D eigenvalue weighted by Crippen LogP contribution is 2.80. The van der Waals surface area contributed by atoms with Crippen LogP contribution in [0.25, 0.3) is 33.4 Å². The normalized spacial score (nSPS) is 28.9. The van der Waals surface area contributed by atoms with Crippen LogP contribution in [0, 0.1) is 12.8 Å². The molecule has 51 heavy (non-hydrogen) atoms. The van der Waals surface area contributed by atoms with Crippen LogP contribution in [0.5, 0.6) is 5.75 Å². The Morgan fingerprint density at radius 1 is 0.510 bits per heavy atom. The van der Waals surface area contributed by atoms with Crippen LogP contribution in [0.1, 0.15) is 83.7 Å². The standard InChI is InChI=1S/C50H44O/c1-32-14-3-4-15-35(32)39-19-9-11-22-43(39)49-27-13-26-48-29-33(36-16-5-6-17-37(36)42-28-34(51-2)24-25-44(42)48)30-50(47(48)49)45-23-12-10-20-40(45)38-18-7-8-21-41(38)46(50)31-49/h3-12,14-25,28,33,46-47H,13,26-27,29-31H2,1-2H3. The van der Waals surface area contributed by atoms with Gasteiger partial charge in [-0.25, -0.2) is 0 Å². The second kappa shape index (κ2) is 10.6. The van der Waals surface area contributed by atoms with Crippen molar-refractivity contribution in [1.29, 1.82) is 0 Å². The zero-order valence-electron chi connectivity index (χ0n) is 29.7. The molecule has 0 aromatic heterocycles. The zero-order valence-corrected chi connectivity index (χ0v) is 29.7. The van der Waals surface area contributed by atoms with Gasteiger partial charge in [0.1, 0.15) is 5.75 Å². The molecule has 3 fully saturated rings. The molecule has 250 valence electrons. The van der Waals surface area contributed by atoms with Gasteiger partial charge in [0.15, 0.2) is 0 Å². The van der Waals surface area contributed by atoms with E-state index in [-0.39, 0.29) is 16.2 Å². The molecular formula is C50H44O. The van der Waals surface area contributed by atoms with Gasteiger partial charge in [-0.15, -0.1) is 0 Å². The van der Waals surface area contributed by atoms with Crippen molar-refractivity contribution in [2.24, 2.45) is 5.92 Å². The molecule has 1 heteroatoms. The van der Waals surface area contributed by atoms with Gasteiger partial charge < -0.3 is 4.74 Å². The van der Waals surface area contributed by atoms with E-state index in [4.69, 9.17) is 4.74 Å². The summed E-state index contributed by atoms with van der Waals surface area (Å²) in [6, 6.07) is 54.4. The van der Waals surface area contributed by atoms with E-state index >= 15 is 0 Å². The Morgan fingerprint density at radius 2 is 1.08 bits per heavy atom.